The van der Waals surface area contributed by atoms with Gasteiger partial charge in [-0.25, -0.2) is 0 Å². The molecule has 0 spiro atoms. The van der Waals surface area contributed by atoms with E-state index >= 15 is 0 Å². The van der Waals surface area contributed by atoms with Crippen LogP contribution < -0.4 is 0 Å². The number of nitrogens with zero attached hydrogens (tertiary/aromatic N) is 4. The Labute approximate surface area is 132 Å². The molecule has 0 aliphatic rings. The third-order valence-corrected chi connectivity index (χ3v) is 2.95. The van der Waals surface area contributed by atoms with E-state index in [0.29, 0.717) is 24.6 Å². The lowest BCUT2D eigenvalue weighted by Crippen LogP contribution is -2.38. The van der Waals surface area contributed by atoms with E-state index in [1.807, 2.05) is 0 Å². The Morgan fingerprint density at radius 2 is 1.05 bits per heavy atom. The second kappa shape index (κ2) is 15.8. The van der Waals surface area contributed by atoms with Crippen molar-refractivity contribution in [1.29, 1.82) is 10.5 Å². The summed E-state index contributed by atoms with van der Waals surface area (Å²) in [4.78, 5) is 4.34. The Balaban J connectivity index is 0. The van der Waals surface area contributed by atoms with Crippen LogP contribution in [0.4, 0.5) is 0 Å². The summed E-state index contributed by atoms with van der Waals surface area (Å²) in [6.45, 7) is 4.78. The molecule has 4 nitrogen and oxygen atoms in total. The van der Waals surface area contributed by atoms with Gasteiger partial charge in [-0.2, -0.15) is 10.5 Å². The number of rotatable bonds is 11. The van der Waals surface area contributed by atoms with Gasteiger partial charge in [-0.15, -0.1) is 35.6 Å². The van der Waals surface area contributed by atoms with E-state index in [1.165, 1.54) is 0 Å². The molecule has 0 N–H and O–H groups in total. The summed E-state index contributed by atoms with van der Waals surface area (Å²) in [7, 11) is 0. The lowest BCUT2D eigenvalue weighted by atomic mass is 10.3. The van der Waals surface area contributed by atoms with E-state index in [4.69, 9.17) is 33.7 Å². The van der Waals surface area contributed by atoms with E-state index in [9.17, 15) is 0 Å². The molecule has 0 unspecified atom stereocenters. The standard InChI is InChI=1S/C12H20Cl2N4.ClH/c13-3-9-17(7-1-5-15)11-12-18(10-4-14)8-2-6-16;/h1-4,7-12H2;1H. The van der Waals surface area contributed by atoms with Crippen LogP contribution in [0, 0.1) is 22.7 Å². The fourth-order valence-corrected chi connectivity index (χ4v) is 2.09. The Hall–Kier alpha value is -0.230. The van der Waals surface area contributed by atoms with Gasteiger partial charge in [0.15, 0.2) is 0 Å². The predicted octanol–water partition coefficient (Wildman–Crippen LogP) is 2.32. The fourth-order valence-electron chi connectivity index (χ4n) is 1.61. The quantitative estimate of drug-likeness (QED) is 0.547. The first kappa shape index (κ1) is 21.1. The van der Waals surface area contributed by atoms with E-state index < -0.39 is 0 Å². The summed E-state index contributed by atoms with van der Waals surface area (Å²) in [6, 6.07) is 4.28. The second-order valence-electron chi connectivity index (χ2n) is 3.88. The Morgan fingerprint density at radius 3 is 1.32 bits per heavy atom. The topological polar surface area (TPSA) is 54.1 Å². The van der Waals surface area contributed by atoms with Gasteiger partial charge in [0.2, 0.25) is 0 Å². The minimum atomic E-state index is 0. The van der Waals surface area contributed by atoms with Crippen LogP contribution in [0.1, 0.15) is 12.8 Å². The molecule has 0 saturated heterocycles. The molecule has 0 amide bonds. The van der Waals surface area contributed by atoms with Gasteiger partial charge in [-0.05, 0) is 0 Å². The summed E-state index contributed by atoms with van der Waals surface area (Å²) >= 11 is 11.5. The first-order chi connectivity index (χ1) is 8.78. The van der Waals surface area contributed by atoms with Gasteiger partial charge >= 0.3 is 0 Å². The molecule has 0 fully saturated rings. The van der Waals surface area contributed by atoms with Crippen molar-refractivity contribution in [2.75, 3.05) is 51.0 Å². The second-order valence-corrected chi connectivity index (χ2v) is 4.63. The van der Waals surface area contributed by atoms with Crippen LogP contribution in [0.15, 0.2) is 0 Å². The molecule has 0 rings (SSSR count). The zero-order valence-electron chi connectivity index (χ0n) is 11.0. The highest BCUT2D eigenvalue weighted by atomic mass is 35.5. The van der Waals surface area contributed by atoms with Crippen LogP contribution in [0.2, 0.25) is 0 Å². The molecule has 0 atom stereocenters. The molecule has 7 heteroatoms. The third-order valence-electron chi connectivity index (χ3n) is 2.61. The van der Waals surface area contributed by atoms with Gasteiger partial charge in [-0.1, -0.05) is 0 Å². The molecule has 0 aromatic heterocycles. The van der Waals surface area contributed by atoms with Crippen molar-refractivity contribution in [1.82, 2.24) is 9.80 Å². The van der Waals surface area contributed by atoms with Crippen molar-refractivity contribution in [3.8, 4) is 12.1 Å². The summed E-state index contributed by atoms with van der Waals surface area (Å²) in [5.74, 6) is 1.14. The van der Waals surface area contributed by atoms with Crippen LogP contribution in [0.3, 0.4) is 0 Å². The molecule has 0 heterocycles. The van der Waals surface area contributed by atoms with E-state index in [0.717, 1.165) is 39.3 Å². The zero-order valence-corrected chi connectivity index (χ0v) is 13.4. The van der Waals surface area contributed by atoms with Crippen molar-refractivity contribution in [2.45, 2.75) is 12.8 Å². The van der Waals surface area contributed by atoms with E-state index in [2.05, 4.69) is 21.9 Å². The van der Waals surface area contributed by atoms with Crippen molar-refractivity contribution >= 4 is 35.6 Å². The van der Waals surface area contributed by atoms with Crippen molar-refractivity contribution in [3.05, 3.63) is 0 Å². The molecular formula is C12H21Cl3N4. The molecule has 0 saturated carbocycles. The van der Waals surface area contributed by atoms with Crippen LogP contribution >= 0.6 is 35.6 Å². The van der Waals surface area contributed by atoms with Crippen LogP contribution in [-0.2, 0) is 0 Å². The highest BCUT2D eigenvalue weighted by Crippen LogP contribution is 1.97. The Bertz CT molecular complexity index is 247. The van der Waals surface area contributed by atoms with Crippen LogP contribution in [0.25, 0.3) is 0 Å². The number of alkyl halides is 2. The van der Waals surface area contributed by atoms with Crippen molar-refractivity contribution in [2.24, 2.45) is 0 Å². The SMILES string of the molecule is Cl.N#CCCN(CCCl)CCN(CCCl)CCC#N. The normalized spacial score (nSPS) is 10.0. The summed E-state index contributed by atoms with van der Waals surface area (Å²) < 4.78 is 0. The van der Waals surface area contributed by atoms with Crippen LogP contribution in [-0.4, -0.2) is 60.8 Å². The average molecular weight is 328 g/mol. The molecule has 110 valence electrons. The van der Waals surface area contributed by atoms with Crippen molar-refractivity contribution in [3.63, 3.8) is 0 Å². The smallest absolute Gasteiger partial charge is 0.0635 e. The number of nitriles is 2. The molecule has 0 aliphatic carbocycles. The van der Waals surface area contributed by atoms with E-state index in [-0.39, 0.29) is 12.4 Å². The molecule has 0 bridgehead atoms. The van der Waals surface area contributed by atoms with E-state index in [1.54, 1.807) is 0 Å². The first-order valence-corrected chi connectivity index (χ1v) is 7.16. The monoisotopic (exact) mass is 326 g/mol. The molecule has 0 aromatic rings. The van der Waals surface area contributed by atoms with Gasteiger partial charge in [0.05, 0.1) is 12.1 Å². The summed E-state index contributed by atoms with van der Waals surface area (Å²) in [6.07, 6.45) is 1.04. The van der Waals surface area contributed by atoms with Crippen LogP contribution in [0.5, 0.6) is 0 Å². The minimum absolute atomic E-state index is 0. The molecule has 19 heavy (non-hydrogen) atoms. The zero-order chi connectivity index (χ0) is 13.6. The highest BCUT2D eigenvalue weighted by molar-refractivity contribution is 6.18. The number of halogens is 3. The lowest BCUT2D eigenvalue weighted by Gasteiger charge is -2.25. The molecular weight excluding hydrogens is 307 g/mol. The predicted molar refractivity (Wildman–Crippen MR) is 82.0 cm³/mol. The van der Waals surface area contributed by atoms with Gasteiger partial charge in [0.1, 0.15) is 0 Å². The highest BCUT2D eigenvalue weighted by Gasteiger charge is 2.08. The van der Waals surface area contributed by atoms with Gasteiger partial charge in [-0.3, -0.25) is 9.80 Å². The maximum absolute atomic E-state index is 8.59. The van der Waals surface area contributed by atoms with Crippen molar-refractivity contribution < 1.29 is 0 Å². The lowest BCUT2D eigenvalue weighted by molar-refractivity contribution is 0.221. The van der Waals surface area contributed by atoms with Gasteiger partial charge < -0.3 is 0 Å². The summed E-state index contributed by atoms with van der Waals surface area (Å²) in [5, 5.41) is 17.2. The third kappa shape index (κ3) is 12.5. The average Bonchev–Trinajstić information content (AvgIpc) is 2.38. The summed E-state index contributed by atoms with van der Waals surface area (Å²) in [5.41, 5.74) is 0. The molecule has 0 aliphatic heterocycles. The first-order valence-electron chi connectivity index (χ1n) is 6.09. The maximum atomic E-state index is 8.59. The number of hydrogen-bond donors (Lipinski definition) is 0. The largest absolute Gasteiger partial charge is 0.300 e. The fraction of sp³-hybridized carbons (Fsp3) is 0.833. The Kier molecular flexibility index (Phi) is 17.6. The maximum Gasteiger partial charge on any atom is 0.0635 e. The number of hydrogen-bond acceptors (Lipinski definition) is 4. The molecule has 0 radical (unpaired) electrons. The minimum Gasteiger partial charge on any atom is -0.300 e. The van der Waals surface area contributed by atoms with Gasteiger partial charge in [0, 0.05) is 63.9 Å². The van der Waals surface area contributed by atoms with Gasteiger partial charge in [0.25, 0.3) is 0 Å². The Morgan fingerprint density at radius 1 is 0.684 bits per heavy atom. The molecule has 0 aromatic carbocycles.